The van der Waals surface area contributed by atoms with Crippen LogP contribution in [0.15, 0.2) is 24.3 Å². The van der Waals surface area contributed by atoms with Crippen molar-refractivity contribution >= 4 is 32.4 Å². The average molecular weight is 380 g/mol. The SMILES string of the molecule is O=S1(=O)CCC(C(CO)Cc2ccc(I)cc2)C1. The lowest BCUT2D eigenvalue weighted by molar-refractivity contribution is 0.184. The van der Waals surface area contributed by atoms with Crippen molar-refractivity contribution in [2.75, 3.05) is 18.1 Å². The molecule has 0 spiro atoms. The highest BCUT2D eigenvalue weighted by Gasteiger charge is 2.33. The van der Waals surface area contributed by atoms with E-state index in [4.69, 9.17) is 0 Å². The van der Waals surface area contributed by atoms with E-state index in [9.17, 15) is 13.5 Å². The molecule has 1 aliphatic rings. The Labute approximate surface area is 122 Å². The molecule has 2 rings (SSSR count). The quantitative estimate of drug-likeness (QED) is 0.812. The van der Waals surface area contributed by atoms with E-state index in [1.807, 2.05) is 24.3 Å². The summed E-state index contributed by atoms with van der Waals surface area (Å²) in [6, 6.07) is 8.17. The van der Waals surface area contributed by atoms with Crippen LogP contribution in [-0.4, -0.2) is 31.6 Å². The largest absolute Gasteiger partial charge is 0.396 e. The molecule has 0 amide bonds. The molecule has 0 bridgehead atoms. The standard InChI is InChI=1S/C13H17IO3S/c14-13-3-1-10(2-4-13)7-12(8-15)11-5-6-18(16,17)9-11/h1-4,11-12,15H,5-9H2. The van der Waals surface area contributed by atoms with Gasteiger partial charge in [0.05, 0.1) is 11.5 Å². The molecule has 0 saturated carbocycles. The smallest absolute Gasteiger partial charge is 0.150 e. The van der Waals surface area contributed by atoms with E-state index < -0.39 is 9.84 Å². The maximum Gasteiger partial charge on any atom is 0.150 e. The normalized spacial score (nSPS) is 24.0. The highest BCUT2D eigenvalue weighted by molar-refractivity contribution is 14.1. The summed E-state index contributed by atoms with van der Waals surface area (Å²) in [6.45, 7) is 0.0617. The maximum atomic E-state index is 11.5. The Morgan fingerprint density at radius 3 is 2.50 bits per heavy atom. The van der Waals surface area contributed by atoms with Gasteiger partial charge in [-0.15, -0.1) is 0 Å². The van der Waals surface area contributed by atoms with Gasteiger partial charge < -0.3 is 5.11 Å². The third-order valence-corrected chi connectivity index (χ3v) is 6.09. The molecule has 1 heterocycles. The van der Waals surface area contributed by atoms with Crippen LogP contribution in [-0.2, 0) is 16.3 Å². The molecule has 0 aliphatic carbocycles. The highest BCUT2D eigenvalue weighted by atomic mass is 127. The predicted molar refractivity (Wildman–Crippen MR) is 80.2 cm³/mol. The molecule has 0 radical (unpaired) electrons. The minimum Gasteiger partial charge on any atom is -0.396 e. The fourth-order valence-corrected chi connectivity index (χ4v) is 4.78. The minimum atomic E-state index is -2.86. The lowest BCUT2D eigenvalue weighted by Gasteiger charge is -2.20. The van der Waals surface area contributed by atoms with Crippen LogP contribution in [0.3, 0.4) is 0 Å². The summed E-state index contributed by atoms with van der Waals surface area (Å²) in [6.07, 6.45) is 1.45. The number of aliphatic hydroxyl groups excluding tert-OH is 1. The molecule has 18 heavy (non-hydrogen) atoms. The van der Waals surface area contributed by atoms with Gasteiger partial charge in [-0.25, -0.2) is 8.42 Å². The van der Waals surface area contributed by atoms with Crippen molar-refractivity contribution in [3.63, 3.8) is 0 Å². The van der Waals surface area contributed by atoms with Crippen molar-refractivity contribution in [3.8, 4) is 0 Å². The number of hydrogen-bond acceptors (Lipinski definition) is 3. The van der Waals surface area contributed by atoms with E-state index in [-0.39, 0.29) is 29.9 Å². The van der Waals surface area contributed by atoms with Gasteiger partial charge in [0.1, 0.15) is 0 Å². The zero-order valence-corrected chi connectivity index (χ0v) is 13.0. The zero-order chi connectivity index (χ0) is 13.2. The Kier molecular flexibility index (Phi) is 4.66. The monoisotopic (exact) mass is 380 g/mol. The van der Waals surface area contributed by atoms with Crippen LogP contribution in [0.1, 0.15) is 12.0 Å². The first-order valence-electron chi connectivity index (χ1n) is 6.06. The molecule has 1 aromatic carbocycles. The molecule has 3 nitrogen and oxygen atoms in total. The van der Waals surface area contributed by atoms with Gasteiger partial charge in [-0.1, -0.05) is 12.1 Å². The molecule has 2 unspecified atom stereocenters. The first-order valence-corrected chi connectivity index (χ1v) is 8.96. The Morgan fingerprint density at radius 1 is 1.33 bits per heavy atom. The van der Waals surface area contributed by atoms with E-state index in [0.717, 1.165) is 6.42 Å². The Bertz CT molecular complexity index is 495. The first-order chi connectivity index (χ1) is 8.50. The molecule has 100 valence electrons. The number of benzene rings is 1. The minimum absolute atomic E-state index is 0.0577. The first kappa shape index (κ1) is 14.3. The second-order valence-corrected chi connectivity index (χ2v) is 8.41. The van der Waals surface area contributed by atoms with Crippen molar-refractivity contribution in [1.29, 1.82) is 0 Å². The van der Waals surface area contributed by atoms with Gasteiger partial charge in [0.2, 0.25) is 0 Å². The van der Waals surface area contributed by atoms with Crippen molar-refractivity contribution in [1.82, 2.24) is 0 Å². The number of aliphatic hydroxyl groups is 1. The molecule has 0 aromatic heterocycles. The summed E-state index contributed by atoms with van der Waals surface area (Å²) in [5.74, 6) is 0.685. The summed E-state index contributed by atoms with van der Waals surface area (Å²) in [4.78, 5) is 0. The predicted octanol–water partition coefficient (Wildman–Crippen LogP) is 1.88. The molecule has 1 aromatic rings. The van der Waals surface area contributed by atoms with Crippen LogP contribution in [0, 0.1) is 15.4 Å². The van der Waals surface area contributed by atoms with Gasteiger partial charge in [0, 0.05) is 10.2 Å². The number of sulfone groups is 1. The average Bonchev–Trinajstić information content (AvgIpc) is 2.69. The summed E-state index contributed by atoms with van der Waals surface area (Å²) in [7, 11) is -2.86. The van der Waals surface area contributed by atoms with Gasteiger partial charge in [0.25, 0.3) is 0 Å². The molecule has 5 heteroatoms. The fourth-order valence-electron chi connectivity index (χ4n) is 2.50. The van der Waals surface area contributed by atoms with Crippen LogP contribution >= 0.6 is 22.6 Å². The number of rotatable bonds is 4. The maximum absolute atomic E-state index is 11.5. The van der Waals surface area contributed by atoms with Gasteiger partial charge in [-0.3, -0.25) is 0 Å². The van der Waals surface area contributed by atoms with Gasteiger partial charge in [-0.2, -0.15) is 0 Å². The van der Waals surface area contributed by atoms with Crippen LogP contribution < -0.4 is 0 Å². The molecular formula is C13H17IO3S. The second kappa shape index (κ2) is 5.88. The Balaban J connectivity index is 2.04. The zero-order valence-electron chi connectivity index (χ0n) is 10.0. The molecule has 2 atom stereocenters. The van der Waals surface area contributed by atoms with E-state index in [0.29, 0.717) is 6.42 Å². The van der Waals surface area contributed by atoms with Crippen LogP contribution in [0.4, 0.5) is 0 Å². The molecule has 1 fully saturated rings. The van der Waals surface area contributed by atoms with E-state index in [2.05, 4.69) is 22.6 Å². The fraction of sp³-hybridized carbons (Fsp3) is 0.538. The number of hydrogen-bond donors (Lipinski definition) is 1. The van der Waals surface area contributed by atoms with Crippen LogP contribution in [0.2, 0.25) is 0 Å². The van der Waals surface area contributed by atoms with E-state index in [1.54, 1.807) is 0 Å². The Morgan fingerprint density at radius 2 is 2.00 bits per heavy atom. The van der Waals surface area contributed by atoms with Crippen molar-refractivity contribution in [3.05, 3.63) is 33.4 Å². The van der Waals surface area contributed by atoms with Crippen molar-refractivity contribution in [2.24, 2.45) is 11.8 Å². The van der Waals surface area contributed by atoms with Gasteiger partial charge in [0.15, 0.2) is 9.84 Å². The molecule has 1 saturated heterocycles. The Hall–Kier alpha value is -0.140. The van der Waals surface area contributed by atoms with Crippen molar-refractivity contribution < 1.29 is 13.5 Å². The highest BCUT2D eigenvalue weighted by Crippen LogP contribution is 2.28. The lowest BCUT2D eigenvalue weighted by Crippen LogP contribution is -2.22. The molecule has 1 aliphatic heterocycles. The second-order valence-electron chi connectivity index (χ2n) is 4.94. The van der Waals surface area contributed by atoms with Gasteiger partial charge in [-0.05, 0) is 65.0 Å². The van der Waals surface area contributed by atoms with E-state index in [1.165, 1.54) is 9.13 Å². The number of halogens is 1. The van der Waals surface area contributed by atoms with Crippen molar-refractivity contribution in [2.45, 2.75) is 12.8 Å². The summed E-state index contributed by atoms with van der Waals surface area (Å²) >= 11 is 2.25. The van der Waals surface area contributed by atoms with Gasteiger partial charge >= 0.3 is 0 Å². The molecular weight excluding hydrogens is 363 g/mol. The lowest BCUT2D eigenvalue weighted by atomic mass is 9.87. The summed E-state index contributed by atoms with van der Waals surface area (Å²) in [5, 5.41) is 9.48. The third kappa shape index (κ3) is 3.68. The third-order valence-electron chi connectivity index (χ3n) is 3.58. The molecule has 1 N–H and O–H groups in total. The summed E-state index contributed by atoms with van der Waals surface area (Å²) in [5.41, 5.74) is 1.17. The van der Waals surface area contributed by atoms with Crippen LogP contribution in [0.5, 0.6) is 0 Å². The van der Waals surface area contributed by atoms with Crippen LogP contribution in [0.25, 0.3) is 0 Å². The van der Waals surface area contributed by atoms with E-state index >= 15 is 0 Å². The summed E-state index contributed by atoms with van der Waals surface area (Å²) < 4.78 is 24.1. The topological polar surface area (TPSA) is 54.4 Å².